The molecule has 3 aromatic rings. The minimum absolute atomic E-state index is 0.0800. The van der Waals surface area contributed by atoms with Crippen molar-refractivity contribution in [1.29, 1.82) is 5.26 Å². The number of imide groups is 1. The van der Waals surface area contributed by atoms with Crippen LogP contribution >= 0.6 is 11.8 Å². The second-order valence-corrected chi connectivity index (χ2v) is 8.39. The smallest absolute Gasteiger partial charge is 0.293 e. The summed E-state index contributed by atoms with van der Waals surface area (Å²) in [6.45, 7) is 4.06. The molecule has 1 aliphatic heterocycles. The fourth-order valence-corrected chi connectivity index (χ4v) is 4.61. The molecule has 0 unspecified atom stereocenters. The van der Waals surface area contributed by atoms with E-state index in [4.69, 9.17) is 4.74 Å². The van der Waals surface area contributed by atoms with E-state index in [1.165, 1.54) is 4.90 Å². The number of ether oxygens (including phenoxy) is 1. The van der Waals surface area contributed by atoms with Crippen LogP contribution in [0.15, 0.2) is 59.5 Å². The molecule has 0 spiro atoms. The zero-order valence-corrected chi connectivity index (χ0v) is 18.8. The van der Waals surface area contributed by atoms with Gasteiger partial charge in [-0.15, -0.1) is 0 Å². The van der Waals surface area contributed by atoms with Gasteiger partial charge >= 0.3 is 0 Å². The Kier molecular flexibility index (Phi) is 5.89. The predicted octanol–water partition coefficient (Wildman–Crippen LogP) is 5.21. The molecule has 2 amide bonds. The van der Waals surface area contributed by atoms with Crippen molar-refractivity contribution in [3.8, 4) is 17.5 Å². The minimum Gasteiger partial charge on any atom is -0.497 e. The van der Waals surface area contributed by atoms with Crippen LogP contribution in [-0.4, -0.2) is 27.7 Å². The van der Waals surface area contributed by atoms with Gasteiger partial charge in [0.2, 0.25) is 0 Å². The van der Waals surface area contributed by atoms with E-state index in [9.17, 15) is 14.9 Å². The Bertz CT molecular complexity index is 1280. The average Bonchev–Trinajstić information content (AvgIpc) is 3.23. The maximum Gasteiger partial charge on any atom is 0.293 e. The van der Waals surface area contributed by atoms with Crippen LogP contribution in [0.3, 0.4) is 0 Å². The third-order valence-electron chi connectivity index (χ3n) is 5.43. The van der Waals surface area contributed by atoms with Gasteiger partial charge in [0.1, 0.15) is 5.75 Å². The third-order valence-corrected chi connectivity index (χ3v) is 6.33. The molecule has 1 saturated heterocycles. The maximum atomic E-state index is 13.0. The topological polar surface area (TPSA) is 75.3 Å². The van der Waals surface area contributed by atoms with Crippen molar-refractivity contribution in [3.63, 3.8) is 0 Å². The Labute approximate surface area is 190 Å². The first kappa shape index (κ1) is 21.5. The normalized spacial score (nSPS) is 14.8. The molecule has 2 heterocycles. The molecule has 0 atom stereocenters. The van der Waals surface area contributed by atoms with Gasteiger partial charge in [0.25, 0.3) is 11.1 Å². The lowest BCUT2D eigenvalue weighted by Crippen LogP contribution is -2.27. The van der Waals surface area contributed by atoms with Crippen LogP contribution in [0, 0.1) is 25.2 Å². The zero-order chi connectivity index (χ0) is 22.8. The summed E-state index contributed by atoms with van der Waals surface area (Å²) >= 11 is 0.924. The molecule has 1 fully saturated rings. The van der Waals surface area contributed by atoms with Gasteiger partial charge in [-0.1, -0.05) is 18.2 Å². The Morgan fingerprint density at radius 2 is 1.81 bits per heavy atom. The molecular formula is C25H21N3O3S. The number of methoxy groups -OCH3 is 1. The van der Waals surface area contributed by atoms with Crippen molar-refractivity contribution < 1.29 is 14.3 Å². The first-order valence-electron chi connectivity index (χ1n) is 9.99. The summed E-state index contributed by atoms with van der Waals surface area (Å²) in [5.74, 6) is 0.435. The number of aromatic nitrogens is 1. The largest absolute Gasteiger partial charge is 0.497 e. The van der Waals surface area contributed by atoms with Gasteiger partial charge in [-0.05, 0) is 79.2 Å². The van der Waals surface area contributed by atoms with Crippen LogP contribution in [0.5, 0.6) is 5.75 Å². The Morgan fingerprint density at radius 1 is 1.09 bits per heavy atom. The molecule has 1 aliphatic rings. The quantitative estimate of drug-likeness (QED) is 0.506. The van der Waals surface area contributed by atoms with Gasteiger partial charge in [-0.3, -0.25) is 14.5 Å². The highest BCUT2D eigenvalue weighted by atomic mass is 32.2. The first-order valence-corrected chi connectivity index (χ1v) is 10.8. The van der Waals surface area contributed by atoms with Gasteiger partial charge in [0.05, 0.1) is 30.2 Å². The SMILES string of the molecule is COc1ccc(-n2c(C)cc(/C=C3/SC(=O)N(Cc4ccccc4C#N)C3=O)c2C)cc1. The standard InChI is InChI=1S/C25H21N3O3S/c1-16-12-20(17(2)28(16)21-8-10-22(31-3)11-9-21)13-23-24(29)27(25(30)32-23)15-19-7-5-4-6-18(19)14-26/h4-13H,15H2,1-3H3/b23-13+. The molecular weight excluding hydrogens is 422 g/mol. The van der Waals surface area contributed by atoms with E-state index in [1.807, 2.05) is 44.2 Å². The van der Waals surface area contributed by atoms with E-state index in [-0.39, 0.29) is 17.7 Å². The third kappa shape index (κ3) is 3.93. The van der Waals surface area contributed by atoms with E-state index in [1.54, 1.807) is 37.5 Å². The average molecular weight is 444 g/mol. The summed E-state index contributed by atoms with van der Waals surface area (Å²) in [5.41, 5.74) is 4.95. The number of benzene rings is 2. The lowest BCUT2D eigenvalue weighted by molar-refractivity contribution is -0.123. The van der Waals surface area contributed by atoms with E-state index >= 15 is 0 Å². The molecule has 0 N–H and O–H groups in total. The molecule has 2 aromatic carbocycles. The van der Waals surface area contributed by atoms with E-state index in [0.29, 0.717) is 16.0 Å². The second-order valence-electron chi connectivity index (χ2n) is 7.40. The summed E-state index contributed by atoms with van der Waals surface area (Å²) < 4.78 is 7.33. The minimum atomic E-state index is -0.345. The second kappa shape index (κ2) is 8.77. The number of thioether (sulfide) groups is 1. The molecule has 7 heteroatoms. The highest BCUT2D eigenvalue weighted by Gasteiger charge is 2.35. The molecule has 160 valence electrons. The lowest BCUT2D eigenvalue weighted by atomic mass is 10.1. The number of rotatable bonds is 5. The number of hydrogen-bond acceptors (Lipinski definition) is 5. The van der Waals surface area contributed by atoms with Gasteiger partial charge in [0.15, 0.2) is 0 Å². The fraction of sp³-hybridized carbons (Fsp3) is 0.160. The molecule has 4 rings (SSSR count). The summed E-state index contributed by atoms with van der Waals surface area (Å²) in [6, 6.07) is 18.8. The van der Waals surface area contributed by atoms with Crippen LogP contribution in [0.2, 0.25) is 0 Å². The first-order chi connectivity index (χ1) is 15.4. The molecule has 1 aromatic heterocycles. The van der Waals surface area contributed by atoms with Crippen LogP contribution in [0.1, 0.15) is 28.1 Å². The van der Waals surface area contributed by atoms with Crippen molar-refractivity contribution in [1.82, 2.24) is 9.47 Å². The number of hydrogen-bond donors (Lipinski definition) is 0. The summed E-state index contributed by atoms with van der Waals surface area (Å²) in [7, 11) is 1.63. The van der Waals surface area contributed by atoms with Crippen molar-refractivity contribution in [2.75, 3.05) is 7.11 Å². The highest BCUT2D eigenvalue weighted by molar-refractivity contribution is 8.18. The summed E-state index contributed by atoms with van der Waals surface area (Å²) in [6.07, 6.45) is 1.77. The van der Waals surface area contributed by atoms with E-state index in [2.05, 4.69) is 10.6 Å². The van der Waals surface area contributed by atoms with E-state index in [0.717, 1.165) is 40.2 Å². The van der Waals surface area contributed by atoms with Gasteiger partial charge in [0, 0.05) is 17.1 Å². The number of amides is 2. The van der Waals surface area contributed by atoms with Crippen molar-refractivity contribution in [3.05, 3.63) is 87.6 Å². The monoisotopic (exact) mass is 443 g/mol. The van der Waals surface area contributed by atoms with Crippen LogP contribution in [-0.2, 0) is 11.3 Å². The van der Waals surface area contributed by atoms with Crippen LogP contribution in [0.4, 0.5) is 4.79 Å². The summed E-state index contributed by atoms with van der Waals surface area (Å²) in [4.78, 5) is 27.1. The number of carbonyl (C=O) groups is 2. The molecule has 0 radical (unpaired) electrons. The van der Waals surface area contributed by atoms with Crippen molar-refractivity contribution in [2.24, 2.45) is 0 Å². The molecule has 32 heavy (non-hydrogen) atoms. The molecule has 6 nitrogen and oxygen atoms in total. The predicted molar refractivity (Wildman–Crippen MR) is 124 cm³/mol. The van der Waals surface area contributed by atoms with Crippen molar-refractivity contribution >= 4 is 29.0 Å². The van der Waals surface area contributed by atoms with Crippen molar-refractivity contribution in [2.45, 2.75) is 20.4 Å². The highest BCUT2D eigenvalue weighted by Crippen LogP contribution is 2.35. The van der Waals surface area contributed by atoms with Gasteiger partial charge < -0.3 is 9.30 Å². The molecule has 0 aliphatic carbocycles. The van der Waals surface area contributed by atoms with Crippen LogP contribution < -0.4 is 4.74 Å². The number of carbonyl (C=O) groups excluding carboxylic acids is 2. The Balaban J connectivity index is 1.62. The Hall–Kier alpha value is -3.76. The maximum absolute atomic E-state index is 13.0. The number of aryl methyl sites for hydroxylation is 1. The van der Waals surface area contributed by atoms with E-state index < -0.39 is 0 Å². The molecule has 0 saturated carbocycles. The van der Waals surface area contributed by atoms with Gasteiger partial charge in [-0.2, -0.15) is 5.26 Å². The number of nitriles is 1. The number of nitrogens with zero attached hydrogens (tertiary/aromatic N) is 3. The Morgan fingerprint density at radius 3 is 2.50 bits per heavy atom. The molecule has 0 bridgehead atoms. The summed E-state index contributed by atoms with van der Waals surface area (Å²) in [5, 5.41) is 8.95. The fourth-order valence-electron chi connectivity index (χ4n) is 3.78. The van der Waals surface area contributed by atoms with Crippen LogP contribution in [0.25, 0.3) is 11.8 Å². The zero-order valence-electron chi connectivity index (χ0n) is 18.0. The lowest BCUT2D eigenvalue weighted by Gasteiger charge is -2.13. The van der Waals surface area contributed by atoms with Gasteiger partial charge in [-0.25, -0.2) is 0 Å².